The van der Waals surface area contributed by atoms with Crippen molar-refractivity contribution in [3.8, 4) is 0 Å². The van der Waals surface area contributed by atoms with Crippen molar-refractivity contribution in [2.75, 3.05) is 11.9 Å². The molecule has 0 aliphatic carbocycles. The van der Waals surface area contributed by atoms with E-state index in [0.717, 1.165) is 30.3 Å². The minimum absolute atomic E-state index is 0.0763. The van der Waals surface area contributed by atoms with Crippen molar-refractivity contribution >= 4 is 11.5 Å². The summed E-state index contributed by atoms with van der Waals surface area (Å²) in [5, 5.41) is 16.3. The molecular formula is C15H23N5. The lowest BCUT2D eigenvalue weighted by molar-refractivity contribution is 0.527. The second-order valence-electron chi connectivity index (χ2n) is 6.26. The van der Waals surface area contributed by atoms with Crippen LogP contribution in [-0.2, 0) is 5.41 Å². The van der Waals surface area contributed by atoms with Crippen molar-refractivity contribution in [1.29, 1.82) is 0 Å². The largest absolute Gasteiger partial charge is 0.368 e. The fraction of sp³-hybridized carbons (Fsp3) is 0.533. The van der Waals surface area contributed by atoms with Gasteiger partial charge in [0.15, 0.2) is 11.5 Å². The number of allylic oxidation sites excluding steroid dienone is 1. The van der Waals surface area contributed by atoms with E-state index >= 15 is 0 Å². The summed E-state index contributed by atoms with van der Waals surface area (Å²) in [4.78, 5) is 0. The maximum Gasteiger partial charge on any atom is 0.178 e. The Kier molecular flexibility index (Phi) is 4.06. The second-order valence-corrected chi connectivity index (χ2v) is 6.26. The van der Waals surface area contributed by atoms with Gasteiger partial charge in [-0.25, -0.2) is 0 Å². The summed E-state index contributed by atoms with van der Waals surface area (Å²) in [7, 11) is 0. The molecule has 2 aromatic heterocycles. The zero-order valence-corrected chi connectivity index (χ0v) is 12.9. The Morgan fingerprint density at radius 1 is 1.25 bits per heavy atom. The molecule has 0 amide bonds. The van der Waals surface area contributed by atoms with Gasteiger partial charge in [0.2, 0.25) is 0 Å². The van der Waals surface area contributed by atoms with Crippen molar-refractivity contribution in [2.45, 2.75) is 46.5 Å². The lowest BCUT2D eigenvalue weighted by atomic mass is 9.96. The van der Waals surface area contributed by atoms with Crippen LogP contribution in [0.1, 0.15) is 46.9 Å². The molecule has 0 aliphatic rings. The maximum absolute atomic E-state index is 4.58. The average Bonchev–Trinajstić information content (AvgIpc) is 2.77. The fourth-order valence-corrected chi connectivity index (χ4v) is 1.91. The van der Waals surface area contributed by atoms with Gasteiger partial charge in [0.05, 0.1) is 0 Å². The number of rotatable bonds is 4. The van der Waals surface area contributed by atoms with E-state index in [9.17, 15) is 0 Å². The number of hydrogen-bond donors (Lipinski definition) is 1. The lowest BCUT2D eigenvalue weighted by Gasteiger charge is -2.15. The van der Waals surface area contributed by atoms with Crippen molar-refractivity contribution in [1.82, 2.24) is 19.8 Å². The van der Waals surface area contributed by atoms with E-state index in [0.29, 0.717) is 0 Å². The first-order chi connectivity index (χ1) is 9.38. The smallest absolute Gasteiger partial charge is 0.178 e. The van der Waals surface area contributed by atoms with E-state index in [-0.39, 0.29) is 5.41 Å². The highest BCUT2D eigenvalue weighted by atomic mass is 15.4. The monoisotopic (exact) mass is 273 g/mol. The number of aromatic nitrogens is 4. The zero-order valence-electron chi connectivity index (χ0n) is 12.9. The van der Waals surface area contributed by atoms with Gasteiger partial charge in [0, 0.05) is 12.0 Å². The van der Waals surface area contributed by atoms with Crippen molar-refractivity contribution in [2.24, 2.45) is 0 Å². The normalized spacial score (nSPS) is 11.7. The van der Waals surface area contributed by atoms with Crippen LogP contribution in [0.2, 0.25) is 0 Å². The van der Waals surface area contributed by atoms with Gasteiger partial charge in [0.1, 0.15) is 5.82 Å². The first-order valence-corrected chi connectivity index (χ1v) is 6.98. The molecule has 0 spiro atoms. The number of fused-ring (bicyclic) bond motifs is 1. The highest BCUT2D eigenvalue weighted by Gasteiger charge is 2.21. The number of nitrogens with one attached hydrogen (secondary N) is 1. The minimum Gasteiger partial charge on any atom is -0.368 e. The molecule has 0 atom stereocenters. The quantitative estimate of drug-likeness (QED) is 0.686. The van der Waals surface area contributed by atoms with Crippen LogP contribution in [0.5, 0.6) is 0 Å². The van der Waals surface area contributed by atoms with E-state index in [2.05, 4.69) is 61.3 Å². The van der Waals surface area contributed by atoms with Crippen LogP contribution in [0.25, 0.3) is 5.65 Å². The molecule has 0 aromatic carbocycles. The van der Waals surface area contributed by atoms with Crippen LogP contribution < -0.4 is 5.32 Å². The molecule has 2 heterocycles. The second kappa shape index (κ2) is 5.61. The SMILES string of the molecule is CC(C)=CCCNc1ccc2nnc(C(C)(C)C)n2n1. The van der Waals surface area contributed by atoms with Gasteiger partial charge in [0.25, 0.3) is 0 Å². The third kappa shape index (κ3) is 3.35. The molecule has 0 radical (unpaired) electrons. The topological polar surface area (TPSA) is 55.1 Å². The van der Waals surface area contributed by atoms with Gasteiger partial charge >= 0.3 is 0 Å². The van der Waals surface area contributed by atoms with Crippen LogP contribution in [0, 0.1) is 0 Å². The summed E-state index contributed by atoms with van der Waals surface area (Å²) in [6.07, 6.45) is 3.21. The van der Waals surface area contributed by atoms with E-state index in [1.807, 2.05) is 16.6 Å². The molecule has 2 aromatic rings. The maximum atomic E-state index is 4.58. The van der Waals surface area contributed by atoms with Crippen molar-refractivity contribution in [3.63, 3.8) is 0 Å². The van der Waals surface area contributed by atoms with Gasteiger partial charge < -0.3 is 5.32 Å². The Labute approximate surface area is 120 Å². The van der Waals surface area contributed by atoms with Crippen molar-refractivity contribution < 1.29 is 0 Å². The molecule has 0 aliphatic heterocycles. The molecule has 0 saturated carbocycles. The van der Waals surface area contributed by atoms with E-state index in [4.69, 9.17) is 0 Å². The molecule has 5 heteroatoms. The van der Waals surface area contributed by atoms with Crippen LogP contribution >= 0.6 is 0 Å². The number of nitrogens with zero attached hydrogens (tertiary/aromatic N) is 4. The summed E-state index contributed by atoms with van der Waals surface area (Å²) >= 11 is 0. The first-order valence-electron chi connectivity index (χ1n) is 6.98. The predicted molar refractivity (Wildman–Crippen MR) is 82.0 cm³/mol. The van der Waals surface area contributed by atoms with Gasteiger partial charge in [-0.3, -0.25) is 0 Å². The standard InChI is InChI=1S/C15H23N5/c1-11(2)7-6-10-16-12-8-9-13-17-18-14(15(3,4)5)20(13)19-12/h7-9H,6,10H2,1-5H3,(H,16,19). The summed E-state index contributed by atoms with van der Waals surface area (Å²) in [5.74, 6) is 1.73. The molecular weight excluding hydrogens is 250 g/mol. The molecule has 108 valence electrons. The summed E-state index contributed by atoms with van der Waals surface area (Å²) in [6.45, 7) is 11.4. The Morgan fingerprint density at radius 2 is 2.00 bits per heavy atom. The average molecular weight is 273 g/mol. The summed E-state index contributed by atoms with van der Waals surface area (Å²) in [6, 6.07) is 3.89. The Morgan fingerprint density at radius 3 is 2.65 bits per heavy atom. The third-order valence-corrected chi connectivity index (χ3v) is 2.94. The Balaban J connectivity index is 2.18. The molecule has 0 saturated heterocycles. The lowest BCUT2D eigenvalue weighted by Crippen LogP contribution is -2.17. The summed E-state index contributed by atoms with van der Waals surface area (Å²) < 4.78 is 1.82. The van der Waals surface area contributed by atoms with E-state index < -0.39 is 0 Å². The fourth-order valence-electron chi connectivity index (χ4n) is 1.91. The van der Waals surface area contributed by atoms with Gasteiger partial charge in [-0.15, -0.1) is 15.3 Å². The van der Waals surface area contributed by atoms with E-state index in [1.165, 1.54) is 5.57 Å². The third-order valence-electron chi connectivity index (χ3n) is 2.94. The number of hydrogen-bond acceptors (Lipinski definition) is 4. The summed E-state index contributed by atoms with van der Waals surface area (Å²) in [5.41, 5.74) is 2.04. The molecule has 2 rings (SSSR count). The first kappa shape index (κ1) is 14.5. The van der Waals surface area contributed by atoms with Crippen LogP contribution in [0.3, 0.4) is 0 Å². The van der Waals surface area contributed by atoms with Gasteiger partial charge in [-0.2, -0.15) is 4.52 Å². The highest BCUT2D eigenvalue weighted by molar-refractivity contribution is 5.44. The zero-order chi connectivity index (χ0) is 14.8. The van der Waals surface area contributed by atoms with Crippen LogP contribution in [0.4, 0.5) is 5.82 Å². The Hall–Kier alpha value is -1.91. The molecule has 20 heavy (non-hydrogen) atoms. The van der Waals surface area contributed by atoms with Crippen molar-refractivity contribution in [3.05, 3.63) is 29.6 Å². The van der Waals surface area contributed by atoms with Gasteiger partial charge in [-0.1, -0.05) is 32.4 Å². The van der Waals surface area contributed by atoms with Gasteiger partial charge in [-0.05, 0) is 32.4 Å². The molecule has 0 unspecified atom stereocenters. The number of anilines is 1. The Bertz CT molecular complexity index is 615. The molecule has 0 fully saturated rings. The molecule has 0 bridgehead atoms. The van der Waals surface area contributed by atoms with E-state index in [1.54, 1.807) is 0 Å². The molecule has 1 N–H and O–H groups in total. The molecule has 5 nitrogen and oxygen atoms in total. The predicted octanol–water partition coefficient (Wildman–Crippen LogP) is 3.19. The van der Waals surface area contributed by atoms with Crippen LogP contribution in [-0.4, -0.2) is 26.4 Å². The highest BCUT2D eigenvalue weighted by Crippen LogP contribution is 2.20. The van der Waals surface area contributed by atoms with Crippen LogP contribution in [0.15, 0.2) is 23.8 Å². The minimum atomic E-state index is -0.0763.